The lowest BCUT2D eigenvalue weighted by Gasteiger charge is -2.21. The molecule has 0 spiro atoms. The Morgan fingerprint density at radius 3 is 2.40 bits per heavy atom. The van der Waals surface area contributed by atoms with E-state index < -0.39 is 18.6 Å². The van der Waals surface area contributed by atoms with E-state index in [0.29, 0.717) is 16.0 Å². The number of nitrogens with zero attached hydrogens (tertiary/aromatic N) is 1. The van der Waals surface area contributed by atoms with Crippen LogP contribution in [0, 0.1) is 17.3 Å². The lowest BCUT2D eigenvalue weighted by molar-refractivity contribution is -0.170. The number of alkyl halides is 3. The fraction of sp³-hybridized carbons (Fsp3) is 0.0909. The van der Waals surface area contributed by atoms with E-state index in [2.05, 4.69) is 11.8 Å². The van der Waals surface area contributed by atoms with Crippen molar-refractivity contribution in [1.29, 1.82) is 5.41 Å². The van der Waals surface area contributed by atoms with Crippen LogP contribution in [0.4, 0.5) is 24.5 Å². The second-order valence-corrected chi connectivity index (χ2v) is 6.48. The Labute approximate surface area is 170 Å². The predicted molar refractivity (Wildman–Crippen MR) is 111 cm³/mol. The van der Waals surface area contributed by atoms with Gasteiger partial charge in [-0.25, -0.2) is 0 Å². The summed E-state index contributed by atoms with van der Waals surface area (Å²) >= 11 is 0. The van der Waals surface area contributed by atoms with E-state index in [1.807, 2.05) is 0 Å². The highest BCUT2D eigenvalue weighted by molar-refractivity contribution is 5.99. The Bertz CT molecular complexity index is 1190. The molecule has 0 aliphatic carbocycles. The molecular formula is C22H17F3N4O. The third-order valence-electron chi connectivity index (χ3n) is 4.29. The number of nitrogens with two attached hydrogens (primary N) is 2. The molecule has 152 valence electrons. The molecule has 0 bridgehead atoms. The van der Waals surface area contributed by atoms with Gasteiger partial charge in [0.05, 0.1) is 6.54 Å². The summed E-state index contributed by atoms with van der Waals surface area (Å²) in [6, 6.07) is 16.1. The van der Waals surface area contributed by atoms with Crippen LogP contribution in [-0.2, 0) is 4.79 Å². The maximum absolute atomic E-state index is 13.0. The molecule has 0 unspecified atom stereocenters. The minimum absolute atomic E-state index is 0.0156. The summed E-state index contributed by atoms with van der Waals surface area (Å²) < 4.78 is 39.0. The summed E-state index contributed by atoms with van der Waals surface area (Å²) in [4.78, 5) is 12.4. The molecule has 0 aliphatic rings. The minimum Gasteiger partial charge on any atom is -0.399 e. The summed E-state index contributed by atoms with van der Waals surface area (Å²) in [5, 5.41) is 9.17. The summed E-state index contributed by atoms with van der Waals surface area (Å²) in [7, 11) is 0. The number of nitrogens with one attached hydrogen (secondary N) is 1. The van der Waals surface area contributed by atoms with Crippen LogP contribution in [0.1, 0.15) is 11.1 Å². The number of nitrogen functional groups attached to an aromatic ring is 2. The number of benzene rings is 3. The third-order valence-corrected chi connectivity index (χ3v) is 4.29. The SMILES string of the molecule is N=C(N)c1ccc2cc(C#CCN(C(=O)C(F)(F)F)c3cccc(N)c3)ccc2c1. The van der Waals surface area contributed by atoms with E-state index in [1.165, 1.54) is 24.3 Å². The predicted octanol–water partition coefficient (Wildman–Crippen LogP) is 3.65. The highest BCUT2D eigenvalue weighted by Crippen LogP contribution is 2.25. The van der Waals surface area contributed by atoms with E-state index in [1.54, 1.807) is 36.4 Å². The number of anilines is 2. The Balaban J connectivity index is 1.88. The van der Waals surface area contributed by atoms with Crippen molar-refractivity contribution in [2.75, 3.05) is 17.2 Å². The number of hydrogen-bond donors (Lipinski definition) is 3. The van der Waals surface area contributed by atoms with E-state index in [4.69, 9.17) is 16.9 Å². The average Bonchev–Trinajstić information content (AvgIpc) is 2.69. The zero-order valence-electron chi connectivity index (χ0n) is 15.6. The van der Waals surface area contributed by atoms with Gasteiger partial charge < -0.3 is 11.5 Å². The molecular weight excluding hydrogens is 393 g/mol. The van der Waals surface area contributed by atoms with Crippen molar-refractivity contribution < 1.29 is 18.0 Å². The minimum atomic E-state index is -5.04. The average molecular weight is 410 g/mol. The Kier molecular flexibility index (Phi) is 5.65. The van der Waals surface area contributed by atoms with E-state index in [0.717, 1.165) is 10.8 Å². The van der Waals surface area contributed by atoms with Crippen LogP contribution >= 0.6 is 0 Å². The fourth-order valence-corrected chi connectivity index (χ4v) is 2.84. The van der Waals surface area contributed by atoms with Crippen LogP contribution < -0.4 is 16.4 Å². The van der Waals surface area contributed by atoms with Crippen molar-refractivity contribution in [3.05, 3.63) is 71.8 Å². The molecule has 0 aliphatic heterocycles. The number of fused-ring (bicyclic) bond motifs is 1. The van der Waals surface area contributed by atoms with E-state index in [-0.39, 0.29) is 17.2 Å². The van der Waals surface area contributed by atoms with Crippen LogP contribution in [0.3, 0.4) is 0 Å². The van der Waals surface area contributed by atoms with Gasteiger partial charge in [-0.2, -0.15) is 13.2 Å². The molecule has 3 rings (SSSR count). The molecule has 8 heteroatoms. The van der Waals surface area contributed by atoms with Gasteiger partial charge in [0.2, 0.25) is 0 Å². The van der Waals surface area contributed by atoms with Crippen molar-refractivity contribution >= 4 is 33.9 Å². The van der Waals surface area contributed by atoms with Crippen molar-refractivity contribution in [1.82, 2.24) is 0 Å². The molecule has 0 heterocycles. The number of amidine groups is 1. The zero-order valence-corrected chi connectivity index (χ0v) is 15.6. The molecule has 0 saturated heterocycles. The highest BCUT2D eigenvalue weighted by Gasteiger charge is 2.42. The molecule has 0 radical (unpaired) electrons. The number of rotatable bonds is 3. The molecule has 0 aromatic heterocycles. The molecule has 3 aromatic carbocycles. The Morgan fingerprint density at radius 1 is 1.03 bits per heavy atom. The van der Waals surface area contributed by atoms with Crippen LogP contribution in [0.2, 0.25) is 0 Å². The van der Waals surface area contributed by atoms with Crippen molar-refractivity contribution in [3.8, 4) is 11.8 Å². The maximum atomic E-state index is 13.0. The highest BCUT2D eigenvalue weighted by atomic mass is 19.4. The van der Waals surface area contributed by atoms with Gasteiger partial charge in [0.25, 0.3) is 0 Å². The first-order valence-electron chi connectivity index (χ1n) is 8.76. The molecule has 0 saturated carbocycles. The van der Waals surface area contributed by atoms with Crippen LogP contribution in [0.5, 0.6) is 0 Å². The molecule has 30 heavy (non-hydrogen) atoms. The summed E-state index contributed by atoms with van der Waals surface area (Å²) in [6.45, 7) is -0.455. The van der Waals surface area contributed by atoms with Gasteiger partial charge >= 0.3 is 12.1 Å². The quantitative estimate of drug-likeness (QED) is 0.266. The lowest BCUT2D eigenvalue weighted by atomic mass is 10.0. The van der Waals surface area contributed by atoms with E-state index >= 15 is 0 Å². The number of carbonyl (C=O) groups is 1. The van der Waals surface area contributed by atoms with Crippen molar-refractivity contribution in [2.45, 2.75) is 6.18 Å². The van der Waals surface area contributed by atoms with Gasteiger partial charge in [-0.1, -0.05) is 36.1 Å². The summed E-state index contributed by atoms with van der Waals surface area (Å²) in [6.07, 6.45) is -5.04. The second kappa shape index (κ2) is 8.17. The monoisotopic (exact) mass is 410 g/mol. The first-order valence-corrected chi connectivity index (χ1v) is 8.76. The van der Waals surface area contributed by atoms with Gasteiger partial charge in [0.1, 0.15) is 5.84 Å². The van der Waals surface area contributed by atoms with Gasteiger partial charge in [-0.15, -0.1) is 0 Å². The zero-order chi connectivity index (χ0) is 21.9. The van der Waals surface area contributed by atoms with Gasteiger partial charge in [0.15, 0.2) is 0 Å². The first-order chi connectivity index (χ1) is 14.1. The molecule has 0 atom stereocenters. The number of carbonyl (C=O) groups excluding carboxylic acids is 1. The topological polar surface area (TPSA) is 96.2 Å². The van der Waals surface area contributed by atoms with Crippen LogP contribution in [0.25, 0.3) is 10.8 Å². The summed E-state index contributed by atoms with van der Waals surface area (Å²) in [5.41, 5.74) is 12.5. The maximum Gasteiger partial charge on any atom is 0.471 e. The summed E-state index contributed by atoms with van der Waals surface area (Å²) in [5.74, 6) is 3.35. The largest absolute Gasteiger partial charge is 0.471 e. The van der Waals surface area contributed by atoms with E-state index in [9.17, 15) is 18.0 Å². The molecule has 0 fully saturated rings. The smallest absolute Gasteiger partial charge is 0.399 e. The standard InChI is InChI=1S/C22H17F3N4O/c23-22(24,25)21(30)29(19-5-1-4-18(26)13-19)10-2-3-14-6-7-16-12-17(20(27)28)9-8-15(16)11-14/h1,4-9,11-13H,10,26H2,(H3,27,28). The second-order valence-electron chi connectivity index (χ2n) is 6.48. The first kappa shape index (κ1) is 20.7. The van der Waals surface area contributed by atoms with Crippen LogP contribution in [-0.4, -0.2) is 24.5 Å². The Hall–Kier alpha value is -3.99. The normalized spacial score (nSPS) is 10.9. The molecule has 5 nitrogen and oxygen atoms in total. The van der Waals surface area contributed by atoms with Crippen LogP contribution in [0.15, 0.2) is 60.7 Å². The number of hydrogen-bond acceptors (Lipinski definition) is 3. The van der Waals surface area contributed by atoms with Crippen molar-refractivity contribution in [2.24, 2.45) is 5.73 Å². The number of amides is 1. The van der Waals surface area contributed by atoms with Gasteiger partial charge in [0, 0.05) is 22.5 Å². The fourth-order valence-electron chi connectivity index (χ4n) is 2.84. The van der Waals surface area contributed by atoms with Crippen molar-refractivity contribution in [3.63, 3.8) is 0 Å². The molecule has 3 aromatic rings. The third kappa shape index (κ3) is 4.70. The van der Waals surface area contributed by atoms with Gasteiger partial charge in [-0.3, -0.25) is 15.1 Å². The lowest BCUT2D eigenvalue weighted by Crippen LogP contribution is -2.41. The van der Waals surface area contributed by atoms with Gasteiger partial charge in [-0.05, 0) is 47.2 Å². The molecule has 1 amide bonds. The Morgan fingerprint density at radius 2 is 1.73 bits per heavy atom. The molecule has 5 N–H and O–H groups in total. The number of halogens is 3.